The normalized spacial score (nSPS) is 24.5. The predicted molar refractivity (Wildman–Crippen MR) is 87.2 cm³/mol. The molecule has 0 N–H and O–H groups in total. The van der Waals surface area contributed by atoms with E-state index in [1.54, 1.807) is 0 Å². The molecule has 2 rings (SSSR count). The molecule has 1 saturated carbocycles. The molecule has 0 bridgehead atoms. The van der Waals surface area contributed by atoms with E-state index in [1.807, 2.05) is 30.4 Å². The number of rotatable bonds is 7. The summed E-state index contributed by atoms with van der Waals surface area (Å²) in [6, 6.07) is 10.2. The topological polar surface area (TPSA) is 35.5 Å². The van der Waals surface area contributed by atoms with Gasteiger partial charge in [-0.25, -0.2) is 0 Å². The van der Waals surface area contributed by atoms with Crippen LogP contribution in [0.2, 0.25) is 0 Å². The van der Waals surface area contributed by atoms with Crippen molar-refractivity contribution in [3.8, 4) is 0 Å². The Balaban J connectivity index is 1.91. The highest BCUT2D eigenvalue weighted by atomic mass is 16.5. The zero-order chi connectivity index (χ0) is 15.8. The highest BCUT2D eigenvalue weighted by molar-refractivity contribution is 5.65. The van der Waals surface area contributed by atoms with Crippen LogP contribution in [-0.2, 0) is 20.9 Å². The van der Waals surface area contributed by atoms with Gasteiger partial charge in [-0.2, -0.15) is 0 Å². The summed E-state index contributed by atoms with van der Waals surface area (Å²) in [4.78, 5) is 10.8. The van der Waals surface area contributed by atoms with Gasteiger partial charge < -0.3 is 9.47 Å². The Bertz CT molecular complexity index is 507. The molecule has 0 radical (unpaired) electrons. The first-order valence-corrected chi connectivity index (χ1v) is 7.79. The molecule has 0 aliphatic heterocycles. The molecule has 1 aromatic carbocycles. The van der Waals surface area contributed by atoms with Crippen molar-refractivity contribution in [1.82, 2.24) is 0 Å². The summed E-state index contributed by atoms with van der Waals surface area (Å²) in [5, 5.41) is 0. The Labute approximate surface area is 132 Å². The van der Waals surface area contributed by atoms with E-state index >= 15 is 0 Å². The molecule has 1 aromatic rings. The number of esters is 1. The fourth-order valence-electron chi connectivity index (χ4n) is 2.90. The molecule has 1 aliphatic carbocycles. The first-order valence-electron chi connectivity index (χ1n) is 7.79. The van der Waals surface area contributed by atoms with Crippen molar-refractivity contribution >= 4 is 5.97 Å². The molecule has 118 valence electrons. The van der Waals surface area contributed by atoms with Crippen molar-refractivity contribution in [1.29, 1.82) is 0 Å². The molecule has 1 fully saturated rings. The monoisotopic (exact) mass is 300 g/mol. The van der Waals surface area contributed by atoms with Crippen molar-refractivity contribution in [2.45, 2.75) is 32.5 Å². The van der Waals surface area contributed by atoms with Crippen molar-refractivity contribution in [3.63, 3.8) is 0 Å². The number of carbonyl (C=O) groups excluding carboxylic acids is 1. The number of hydrogen-bond donors (Lipinski definition) is 0. The summed E-state index contributed by atoms with van der Waals surface area (Å²) in [6.07, 6.45) is 8.33. The lowest BCUT2D eigenvalue weighted by Gasteiger charge is -2.22. The van der Waals surface area contributed by atoms with E-state index in [0.717, 1.165) is 12.8 Å². The van der Waals surface area contributed by atoms with Gasteiger partial charge in [0.15, 0.2) is 0 Å². The van der Waals surface area contributed by atoms with Crippen molar-refractivity contribution in [2.75, 3.05) is 6.61 Å². The predicted octanol–water partition coefficient (Wildman–Crippen LogP) is 3.90. The Hall–Kier alpha value is -1.87. The van der Waals surface area contributed by atoms with E-state index in [1.165, 1.54) is 12.5 Å². The lowest BCUT2D eigenvalue weighted by Crippen LogP contribution is -2.23. The fraction of sp³-hybridized carbons (Fsp3) is 0.421. The van der Waals surface area contributed by atoms with E-state index in [4.69, 9.17) is 9.47 Å². The van der Waals surface area contributed by atoms with Crippen LogP contribution in [0.1, 0.15) is 25.3 Å². The van der Waals surface area contributed by atoms with Crippen LogP contribution in [-0.4, -0.2) is 18.7 Å². The van der Waals surface area contributed by atoms with Crippen LogP contribution in [0.25, 0.3) is 0 Å². The molecule has 0 heterocycles. The summed E-state index contributed by atoms with van der Waals surface area (Å²) < 4.78 is 11.1. The number of carbonyl (C=O) groups is 1. The summed E-state index contributed by atoms with van der Waals surface area (Å²) in [7, 11) is 0. The van der Waals surface area contributed by atoms with Crippen LogP contribution in [0.5, 0.6) is 0 Å². The second-order valence-electron chi connectivity index (χ2n) is 5.63. The summed E-state index contributed by atoms with van der Waals surface area (Å²) >= 11 is 0. The van der Waals surface area contributed by atoms with Gasteiger partial charge in [-0.05, 0) is 18.4 Å². The maximum absolute atomic E-state index is 10.8. The maximum atomic E-state index is 10.8. The third kappa shape index (κ3) is 4.85. The number of hydrogen-bond acceptors (Lipinski definition) is 3. The van der Waals surface area contributed by atoms with E-state index in [0.29, 0.717) is 25.0 Å². The Morgan fingerprint density at radius 1 is 1.27 bits per heavy atom. The molecular formula is C19H24O3. The van der Waals surface area contributed by atoms with Gasteiger partial charge in [0.25, 0.3) is 0 Å². The van der Waals surface area contributed by atoms with Crippen molar-refractivity contribution in [2.24, 2.45) is 11.8 Å². The molecule has 0 amide bonds. The van der Waals surface area contributed by atoms with E-state index < -0.39 is 0 Å². The first-order chi connectivity index (χ1) is 10.7. The fourth-order valence-corrected chi connectivity index (χ4v) is 2.90. The summed E-state index contributed by atoms with van der Waals surface area (Å²) in [5.41, 5.74) is 1.18. The van der Waals surface area contributed by atoms with Crippen LogP contribution in [0.15, 0.2) is 55.1 Å². The molecule has 0 saturated heterocycles. The molecule has 3 atom stereocenters. The lowest BCUT2D eigenvalue weighted by atomic mass is 10.00. The van der Waals surface area contributed by atoms with Gasteiger partial charge in [-0.15, -0.1) is 6.58 Å². The van der Waals surface area contributed by atoms with Gasteiger partial charge in [0.05, 0.1) is 12.7 Å². The largest absolute Gasteiger partial charge is 0.462 e. The van der Waals surface area contributed by atoms with Gasteiger partial charge in [-0.1, -0.05) is 48.6 Å². The minimum absolute atomic E-state index is 0.145. The van der Waals surface area contributed by atoms with Gasteiger partial charge in [0.1, 0.15) is 6.61 Å². The molecule has 0 aromatic heterocycles. The molecular weight excluding hydrogens is 276 g/mol. The molecule has 0 unspecified atom stereocenters. The highest BCUT2D eigenvalue weighted by Gasteiger charge is 2.33. The van der Waals surface area contributed by atoms with Crippen LogP contribution < -0.4 is 0 Å². The summed E-state index contributed by atoms with van der Waals surface area (Å²) in [5.74, 6) is 0.478. The van der Waals surface area contributed by atoms with Crippen LogP contribution >= 0.6 is 0 Å². The van der Waals surface area contributed by atoms with Crippen molar-refractivity contribution in [3.05, 3.63) is 60.7 Å². The van der Waals surface area contributed by atoms with Gasteiger partial charge in [0, 0.05) is 18.8 Å². The second-order valence-corrected chi connectivity index (χ2v) is 5.63. The van der Waals surface area contributed by atoms with Gasteiger partial charge >= 0.3 is 5.97 Å². The molecule has 0 spiro atoms. The second kappa shape index (κ2) is 8.54. The van der Waals surface area contributed by atoms with Crippen molar-refractivity contribution < 1.29 is 14.3 Å². The number of ether oxygens (including phenoxy) is 2. The SMILES string of the molecule is C=C[C@@H]1CC[C@H](/C=C\COC(C)=O)[C@@H]1OCc1ccccc1. The molecule has 22 heavy (non-hydrogen) atoms. The van der Waals surface area contributed by atoms with E-state index in [-0.39, 0.29) is 12.1 Å². The minimum atomic E-state index is -0.253. The minimum Gasteiger partial charge on any atom is -0.462 e. The highest BCUT2D eigenvalue weighted by Crippen LogP contribution is 2.35. The zero-order valence-electron chi connectivity index (χ0n) is 13.1. The van der Waals surface area contributed by atoms with E-state index in [9.17, 15) is 4.79 Å². The third-order valence-corrected chi connectivity index (χ3v) is 4.03. The van der Waals surface area contributed by atoms with Crippen LogP contribution in [0.3, 0.4) is 0 Å². The molecule has 3 nitrogen and oxygen atoms in total. The Kier molecular flexibility index (Phi) is 6.41. The first kappa shape index (κ1) is 16.5. The van der Waals surface area contributed by atoms with Crippen LogP contribution in [0.4, 0.5) is 0 Å². The maximum Gasteiger partial charge on any atom is 0.302 e. The summed E-state index contributed by atoms with van der Waals surface area (Å²) in [6.45, 7) is 6.29. The average molecular weight is 300 g/mol. The molecule has 3 heteroatoms. The lowest BCUT2D eigenvalue weighted by molar-refractivity contribution is -0.139. The Morgan fingerprint density at radius 3 is 2.68 bits per heavy atom. The third-order valence-electron chi connectivity index (χ3n) is 4.03. The number of benzene rings is 1. The average Bonchev–Trinajstić information content (AvgIpc) is 2.92. The van der Waals surface area contributed by atoms with Gasteiger partial charge in [-0.3, -0.25) is 4.79 Å². The van der Waals surface area contributed by atoms with E-state index in [2.05, 4.69) is 24.8 Å². The van der Waals surface area contributed by atoms with Crippen LogP contribution in [0, 0.1) is 11.8 Å². The van der Waals surface area contributed by atoms with Gasteiger partial charge in [0.2, 0.25) is 0 Å². The Morgan fingerprint density at radius 2 is 2.00 bits per heavy atom. The zero-order valence-corrected chi connectivity index (χ0v) is 13.1. The quantitative estimate of drug-likeness (QED) is 0.566. The smallest absolute Gasteiger partial charge is 0.302 e. The molecule has 1 aliphatic rings. The standard InChI is InChI=1S/C19H24O3/c1-3-17-11-12-18(10-7-13-21-15(2)20)19(17)22-14-16-8-5-4-6-9-16/h3-10,17-19H,1,11-14H2,2H3/b10-7-/t17-,18+,19-/m1/s1.